The number of rotatable bonds is 3. The summed E-state index contributed by atoms with van der Waals surface area (Å²) in [5.74, 6) is 1.93. The van der Waals surface area contributed by atoms with Crippen LogP contribution >= 0.6 is 11.8 Å². The van der Waals surface area contributed by atoms with E-state index < -0.39 is 0 Å². The molecule has 6 nitrogen and oxygen atoms in total. The van der Waals surface area contributed by atoms with E-state index in [0.29, 0.717) is 18.2 Å². The fourth-order valence-corrected chi connectivity index (χ4v) is 2.48. The lowest BCUT2D eigenvalue weighted by molar-refractivity contribution is -0.113. The van der Waals surface area contributed by atoms with Gasteiger partial charge in [0.05, 0.1) is 5.75 Å². The number of anilines is 1. The molecule has 1 amide bonds. The number of thioether (sulfide) groups is 1. The van der Waals surface area contributed by atoms with Crippen LogP contribution in [-0.2, 0) is 4.79 Å². The second-order valence-electron chi connectivity index (χ2n) is 4.42. The van der Waals surface area contributed by atoms with Crippen molar-refractivity contribution >= 4 is 34.2 Å². The Balaban J connectivity index is 1.56. The molecule has 0 saturated heterocycles. The van der Waals surface area contributed by atoms with Gasteiger partial charge in [0.25, 0.3) is 0 Å². The minimum absolute atomic E-state index is 0.158. The minimum atomic E-state index is -0.158. The lowest BCUT2D eigenvalue weighted by Crippen LogP contribution is -2.18. The van der Waals surface area contributed by atoms with E-state index >= 15 is 0 Å². The summed E-state index contributed by atoms with van der Waals surface area (Å²) in [7, 11) is 0. The van der Waals surface area contributed by atoms with Crippen molar-refractivity contribution in [2.24, 2.45) is 4.99 Å². The van der Waals surface area contributed by atoms with Crippen molar-refractivity contribution in [1.29, 1.82) is 0 Å². The van der Waals surface area contributed by atoms with Crippen LogP contribution in [0, 0.1) is 6.92 Å². The molecule has 0 radical (unpaired) electrons. The quantitative estimate of drug-likeness (QED) is 0.943. The third-order valence-corrected chi connectivity index (χ3v) is 3.68. The highest BCUT2D eigenvalue weighted by atomic mass is 32.2. The molecule has 1 aromatic carbocycles. The van der Waals surface area contributed by atoms with Crippen molar-refractivity contribution in [2.45, 2.75) is 6.92 Å². The highest BCUT2D eigenvalue weighted by molar-refractivity contribution is 8.14. The smallest absolute Gasteiger partial charge is 0.236 e. The van der Waals surface area contributed by atoms with Crippen LogP contribution in [0.4, 0.5) is 11.5 Å². The number of ether oxygens (including phenoxy) is 1. The Morgan fingerprint density at radius 1 is 1.43 bits per heavy atom. The fraction of sp³-hybridized carbons (Fsp3) is 0.214. The van der Waals surface area contributed by atoms with Gasteiger partial charge in [-0.1, -0.05) is 29.1 Å². The summed E-state index contributed by atoms with van der Waals surface area (Å²) in [6.45, 7) is 2.15. The Labute approximate surface area is 125 Å². The van der Waals surface area contributed by atoms with Crippen LogP contribution in [0.15, 0.2) is 39.8 Å². The van der Waals surface area contributed by atoms with Crippen LogP contribution < -0.4 is 10.1 Å². The van der Waals surface area contributed by atoms with Crippen molar-refractivity contribution in [3.63, 3.8) is 0 Å². The number of nitrogens with one attached hydrogen (secondary N) is 1. The van der Waals surface area contributed by atoms with E-state index in [9.17, 15) is 4.79 Å². The number of aromatic nitrogens is 1. The number of nitrogens with zero attached hydrogens (tertiary/aromatic N) is 2. The second-order valence-corrected chi connectivity index (χ2v) is 5.47. The Bertz CT molecular complexity index is 696. The first-order valence-corrected chi connectivity index (χ1v) is 7.34. The summed E-state index contributed by atoms with van der Waals surface area (Å²) in [6, 6.07) is 9.23. The molecule has 1 aliphatic heterocycles. The first-order valence-electron chi connectivity index (χ1n) is 6.36. The summed E-state index contributed by atoms with van der Waals surface area (Å²) in [4.78, 5) is 16.3. The standard InChI is InChI=1S/C14H13N3O3S/c1-9-6-12(17-20-9)16-13(18)8-21-14-7-19-11-5-3-2-4-10(11)15-14/h2-6H,7-8H2,1H3,(H,16,17,18). The van der Waals surface area contributed by atoms with E-state index in [2.05, 4.69) is 15.5 Å². The van der Waals surface area contributed by atoms with Gasteiger partial charge in [-0.25, -0.2) is 4.99 Å². The van der Waals surface area contributed by atoms with E-state index in [0.717, 1.165) is 16.5 Å². The predicted octanol–water partition coefficient (Wildman–Crippen LogP) is 2.78. The molecule has 0 bridgehead atoms. The average molecular weight is 303 g/mol. The number of aliphatic imine (C=N–C) groups is 1. The number of amides is 1. The van der Waals surface area contributed by atoms with Gasteiger partial charge in [0.2, 0.25) is 5.91 Å². The summed E-state index contributed by atoms with van der Waals surface area (Å²) in [6.07, 6.45) is 0. The number of carbonyl (C=O) groups is 1. The van der Waals surface area contributed by atoms with Gasteiger partial charge in [0.1, 0.15) is 28.8 Å². The van der Waals surface area contributed by atoms with Crippen molar-refractivity contribution < 1.29 is 14.1 Å². The molecule has 1 aliphatic rings. The maximum atomic E-state index is 11.8. The number of para-hydroxylation sites is 2. The summed E-state index contributed by atoms with van der Waals surface area (Å²) in [5, 5.41) is 7.15. The Kier molecular flexibility index (Phi) is 3.92. The molecule has 1 aromatic heterocycles. The van der Waals surface area contributed by atoms with Crippen LogP contribution in [-0.4, -0.2) is 28.5 Å². The van der Waals surface area contributed by atoms with Gasteiger partial charge in [0.15, 0.2) is 5.82 Å². The van der Waals surface area contributed by atoms with E-state index in [1.54, 1.807) is 13.0 Å². The van der Waals surface area contributed by atoms with Crippen LogP contribution in [0.1, 0.15) is 5.76 Å². The lowest BCUT2D eigenvalue weighted by atomic mass is 10.3. The second kappa shape index (κ2) is 6.01. The molecule has 7 heteroatoms. The van der Waals surface area contributed by atoms with Crippen molar-refractivity contribution in [2.75, 3.05) is 17.7 Å². The molecule has 0 saturated carbocycles. The van der Waals surface area contributed by atoms with E-state index in [4.69, 9.17) is 9.26 Å². The van der Waals surface area contributed by atoms with Gasteiger partial charge in [-0.05, 0) is 19.1 Å². The SMILES string of the molecule is Cc1cc(NC(=O)CSC2=Nc3ccccc3OC2)no1. The fourth-order valence-electron chi connectivity index (χ4n) is 1.80. The molecule has 2 heterocycles. The topological polar surface area (TPSA) is 76.7 Å². The molecule has 1 N–H and O–H groups in total. The third-order valence-electron chi connectivity index (χ3n) is 2.73. The lowest BCUT2D eigenvalue weighted by Gasteiger charge is -2.15. The predicted molar refractivity (Wildman–Crippen MR) is 81.4 cm³/mol. The third kappa shape index (κ3) is 3.43. The van der Waals surface area contributed by atoms with Gasteiger partial charge in [0, 0.05) is 6.07 Å². The maximum Gasteiger partial charge on any atom is 0.236 e. The largest absolute Gasteiger partial charge is 0.484 e. The number of hydrogen-bond acceptors (Lipinski definition) is 6. The normalized spacial score (nSPS) is 13.1. The summed E-state index contributed by atoms with van der Waals surface area (Å²) in [5.41, 5.74) is 0.791. The monoisotopic (exact) mass is 303 g/mol. The molecule has 0 unspecified atom stereocenters. The molecule has 108 valence electrons. The molecule has 0 aliphatic carbocycles. The van der Waals surface area contributed by atoms with Crippen LogP contribution in [0.5, 0.6) is 5.75 Å². The number of hydrogen-bond donors (Lipinski definition) is 1. The van der Waals surface area contributed by atoms with Crippen molar-refractivity contribution in [3.05, 3.63) is 36.1 Å². The van der Waals surface area contributed by atoms with Gasteiger partial charge in [-0.3, -0.25) is 4.79 Å². The van der Waals surface area contributed by atoms with Gasteiger partial charge >= 0.3 is 0 Å². The molecule has 0 atom stereocenters. The zero-order valence-electron chi connectivity index (χ0n) is 11.3. The van der Waals surface area contributed by atoms with Crippen LogP contribution in [0.25, 0.3) is 0 Å². The number of carbonyl (C=O) groups excluding carboxylic acids is 1. The summed E-state index contributed by atoms with van der Waals surface area (Å²) < 4.78 is 10.5. The number of aryl methyl sites for hydroxylation is 1. The number of benzene rings is 1. The zero-order valence-corrected chi connectivity index (χ0v) is 12.1. The van der Waals surface area contributed by atoms with Gasteiger partial charge < -0.3 is 14.6 Å². The maximum absolute atomic E-state index is 11.8. The van der Waals surface area contributed by atoms with Gasteiger partial charge in [-0.2, -0.15) is 0 Å². The minimum Gasteiger partial charge on any atom is -0.484 e. The molecule has 3 rings (SSSR count). The van der Waals surface area contributed by atoms with E-state index in [1.807, 2.05) is 24.3 Å². The highest BCUT2D eigenvalue weighted by Crippen LogP contribution is 2.31. The van der Waals surface area contributed by atoms with Crippen LogP contribution in [0.2, 0.25) is 0 Å². The van der Waals surface area contributed by atoms with Gasteiger partial charge in [-0.15, -0.1) is 0 Å². The first kappa shape index (κ1) is 13.7. The first-order chi connectivity index (χ1) is 10.2. The molecule has 21 heavy (non-hydrogen) atoms. The molecule has 2 aromatic rings. The van der Waals surface area contributed by atoms with Crippen molar-refractivity contribution in [3.8, 4) is 5.75 Å². The zero-order chi connectivity index (χ0) is 14.7. The Morgan fingerprint density at radius 2 is 2.29 bits per heavy atom. The number of fused-ring (bicyclic) bond motifs is 1. The van der Waals surface area contributed by atoms with E-state index in [-0.39, 0.29) is 11.7 Å². The van der Waals surface area contributed by atoms with Crippen LogP contribution in [0.3, 0.4) is 0 Å². The molecular formula is C14H13N3O3S. The van der Waals surface area contributed by atoms with E-state index in [1.165, 1.54) is 11.8 Å². The average Bonchev–Trinajstić information content (AvgIpc) is 2.90. The highest BCUT2D eigenvalue weighted by Gasteiger charge is 2.14. The van der Waals surface area contributed by atoms with Crippen molar-refractivity contribution in [1.82, 2.24) is 5.16 Å². The molecular weight excluding hydrogens is 290 g/mol. The Hall–Kier alpha value is -2.28. The molecule has 0 spiro atoms. The summed E-state index contributed by atoms with van der Waals surface area (Å²) >= 11 is 1.35. The molecule has 0 fully saturated rings. The Morgan fingerprint density at radius 3 is 3.10 bits per heavy atom.